The van der Waals surface area contributed by atoms with Crippen LogP contribution < -0.4 is 29.6 Å². The molecule has 0 radical (unpaired) electrons. The molecular formula is C22H33IN4O4. The van der Waals surface area contributed by atoms with Crippen LogP contribution in [0.1, 0.15) is 30.9 Å². The molecule has 0 spiro atoms. The number of nitrogens with one attached hydrogen (secondary N) is 2. The first-order valence-corrected chi connectivity index (χ1v) is 9.96. The number of halogens is 1. The Balaban J connectivity index is 0.00000480. The number of pyridine rings is 1. The molecule has 172 valence electrons. The fraction of sp³-hybridized carbons (Fsp3) is 0.455. The Labute approximate surface area is 201 Å². The van der Waals surface area contributed by atoms with E-state index in [0.29, 0.717) is 48.8 Å². The van der Waals surface area contributed by atoms with Gasteiger partial charge in [0.1, 0.15) is 0 Å². The summed E-state index contributed by atoms with van der Waals surface area (Å²) >= 11 is 0. The van der Waals surface area contributed by atoms with Gasteiger partial charge >= 0.3 is 0 Å². The first kappa shape index (κ1) is 26.6. The number of hydrogen-bond acceptors (Lipinski definition) is 6. The van der Waals surface area contributed by atoms with Gasteiger partial charge in [0.25, 0.3) is 0 Å². The lowest BCUT2D eigenvalue weighted by atomic mass is 10.2. The SMILES string of the molecule is CCCCOc1ncccc1CNC(=NC)NCc1cc(OC)c(OC)c(OC)c1.I. The lowest BCUT2D eigenvalue weighted by Crippen LogP contribution is -2.36. The maximum atomic E-state index is 5.79. The lowest BCUT2D eigenvalue weighted by molar-refractivity contribution is 0.294. The molecule has 2 rings (SSSR count). The monoisotopic (exact) mass is 544 g/mol. The van der Waals surface area contributed by atoms with Crippen LogP contribution in [0.5, 0.6) is 23.1 Å². The zero-order valence-electron chi connectivity index (χ0n) is 18.9. The van der Waals surface area contributed by atoms with Crippen LogP contribution >= 0.6 is 24.0 Å². The smallest absolute Gasteiger partial charge is 0.218 e. The second-order valence-electron chi connectivity index (χ2n) is 6.48. The Morgan fingerprint density at radius 1 is 1.03 bits per heavy atom. The average molecular weight is 544 g/mol. The van der Waals surface area contributed by atoms with Crippen molar-refractivity contribution in [3.63, 3.8) is 0 Å². The molecule has 0 aliphatic heterocycles. The van der Waals surface area contributed by atoms with Gasteiger partial charge in [-0.25, -0.2) is 4.98 Å². The van der Waals surface area contributed by atoms with Crippen LogP contribution in [0.4, 0.5) is 0 Å². The molecule has 0 aliphatic rings. The normalized spacial score (nSPS) is 10.7. The van der Waals surface area contributed by atoms with E-state index >= 15 is 0 Å². The first-order chi connectivity index (χ1) is 14.7. The van der Waals surface area contributed by atoms with Gasteiger partial charge in [-0.1, -0.05) is 19.4 Å². The van der Waals surface area contributed by atoms with Gasteiger partial charge < -0.3 is 29.6 Å². The maximum absolute atomic E-state index is 5.79. The zero-order valence-corrected chi connectivity index (χ0v) is 21.2. The third-order valence-electron chi connectivity index (χ3n) is 4.44. The predicted octanol–water partition coefficient (Wildman–Crippen LogP) is 3.77. The van der Waals surface area contributed by atoms with Gasteiger partial charge in [-0.15, -0.1) is 24.0 Å². The number of hydrogen-bond donors (Lipinski definition) is 2. The number of benzene rings is 1. The quantitative estimate of drug-likeness (QED) is 0.193. The number of methoxy groups -OCH3 is 3. The molecule has 31 heavy (non-hydrogen) atoms. The van der Waals surface area contributed by atoms with Crippen molar-refractivity contribution >= 4 is 29.9 Å². The van der Waals surface area contributed by atoms with Crippen molar-refractivity contribution in [1.29, 1.82) is 0 Å². The highest BCUT2D eigenvalue weighted by molar-refractivity contribution is 14.0. The summed E-state index contributed by atoms with van der Waals surface area (Å²) in [5.74, 6) is 3.10. The molecule has 1 aromatic carbocycles. The number of ether oxygens (including phenoxy) is 4. The van der Waals surface area contributed by atoms with E-state index in [1.54, 1.807) is 34.6 Å². The molecule has 0 saturated heterocycles. The predicted molar refractivity (Wildman–Crippen MR) is 133 cm³/mol. The van der Waals surface area contributed by atoms with Crippen LogP contribution in [0.3, 0.4) is 0 Å². The minimum atomic E-state index is 0. The molecule has 0 saturated carbocycles. The molecule has 0 amide bonds. The molecule has 0 aliphatic carbocycles. The number of aromatic nitrogens is 1. The third kappa shape index (κ3) is 7.97. The van der Waals surface area contributed by atoms with Gasteiger partial charge in [0, 0.05) is 31.9 Å². The number of guanidine groups is 1. The summed E-state index contributed by atoms with van der Waals surface area (Å²) in [6.45, 7) is 3.87. The van der Waals surface area contributed by atoms with Gasteiger partial charge in [-0.05, 0) is 30.2 Å². The Hall–Kier alpha value is -2.43. The summed E-state index contributed by atoms with van der Waals surface area (Å²) < 4.78 is 22.0. The highest BCUT2D eigenvalue weighted by Crippen LogP contribution is 2.38. The molecule has 9 heteroatoms. The minimum absolute atomic E-state index is 0. The van der Waals surface area contributed by atoms with Crippen molar-refractivity contribution in [1.82, 2.24) is 15.6 Å². The van der Waals surface area contributed by atoms with Crippen molar-refractivity contribution in [2.75, 3.05) is 35.0 Å². The maximum Gasteiger partial charge on any atom is 0.218 e. The fourth-order valence-corrected chi connectivity index (χ4v) is 2.82. The van der Waals surface area contributed by atoms with Crippen LogP contribution in [-0.4, -0.2) is 45.9 Å². The van der Waals surface area contributed by atoms with E-state index in [4.69, 9.17) is 18.9 Å². The van der Waals surface area contributed by atoms with Crippen LogP contribution in [0, 0.1) is 0 Å². The van der Waals surface area contributed by atoms with Crippen molar-refractivity contribution < 1.29 is 18.9 Å². The highest BCUT2D eigenvalue weighted by Gasteiger charge is 2.13. The molecule has 8 nitrogen and oxygen atoms in total. The molecule has 0 fully saturated rings. The van der Waals surface area contributed by atoms with Crippen LogP contribution in [0.15, 0.2) is 35.5 Å². The zero-order chi connectivity index (χ0) is 21.8. The van der Waals surface area contributed by atoms with E-state index in [1.165, 1.54) is 0 Å². The van der Waals surface area contributed by atoms with E-state index in [2.05, 4.69) is 27.5 Å². The second kappa shape index (κ2) is 14.6. The summed E-state index contributed by atoms with van der Waals surface area (Å²) in [4.78, 5) is 8.63. The Morgan fingerprint density at radius 3 is 2.29 bits per heavy atom. The van der Waals surface area contributed by atoms with E-state index in [1.807, 2.05) is 24.3 Å². The van der Waals surface area contributed by atoms with Gasteiger partial charge in [-0.2, -0.15) is 0 Å². The van der Waals surface area contributed by atoms with Gasteiger partial charge in [-0.3, -0.25) is 4.99 Å². The summed E-state index contributed by atoms with van der Waals surface area (Å²) in [6.07, 6.45) is 3.82. The van der Waals surface area contributed by atoms with Crippen LogP contribution in [0.25, 0.3) is 0 Å². The molecular weight excluding hydrogens is 511 g/mol. The van der Waals surface area contributed by atoms with E-state index in [-0.39, 0.29) is 24.0 Å². The Kier molecular flexibility index (Phi) is 12.5. The summed E-state index contributed by atoms with van der Waals surface area (Å²) in [5.41, 5.74) is 1.95. The van der Waals surface area contributed by atoms with E-state index in [9.17, 15) is 0 Å². The largest absolute Gasteiger partial charge is 0.493 e. The van der Waals surface area contributed by atoms with Gasteiger partial charge in [0.15, 0.2) is 17.5 Å². The summed E-state index contributed by atoms with van der Waals surface area (Å²) in [6, 6.07) is 7.70. The highest BCUT2D eigenvalue weighted by atomic mass is 127. The van der Waals surface area contributed by atoms with E-state index < -0.39 is 0 Å². The first-order valence-electron chi connectivity index (χ1n) is 9.96. The molecule has 0 unspecified atom stereocenters. The summed E-state index contributed by atoms with van der Waals surface area (Å²) in [7, 11) is 6.52. The van der Waals surface area contributed by atoms with Crippen molar-refractivity contribution in [3.8, 4) is 23.1 Å². The van der Waals surface area contributed by atoms with E-state index in [0.717, 1.165) is 24.0 Å². The standard InChI is InChI=1S/C22H32N4O4.HI/c1-6-7-11-30-21-17(9-8-10-24-21)15-26-22(23-2)25-14-16-12-18(27-3)20(29-5)19(13-16)28-4;/h8-10,12-13H,6-7,11,14-15H2,1-5H3,(H2,23,25,26);1H. The van der Waals surface area contributed by atoms with Crippen molar-refractivity contribution in [3.05, 3.63) is 41.6 Å². The molecule has 1 aromatic heterocycles. The minimum Gasteiger partial charge on any atom is -0.493 e. The average Bonchev–Trinajstić information content (AvgIpc) is 2.79. The number of rotatable bonds is 11. The van der Waals surface area contributed by atoms with Gasteiger partial charge in [0.05, 0.1) is 27.9 Å². The van der Waals surface area contributed by atoms with Gasteiger partial charge in [0.2, 0.25) is 11.6 Å². The number of nitrogens with zero attached hydrogens (tertiary/aromatic N) is 2. The summed E-state index contributed by atoms with van der Waals surface area (Å²) in [5, 5.41) is 6.59. The number of unbranched alkanes of at least 4 members (excludes halogenated alkanes) is 1. The van der Waals surface area contributed by atoms with Crippen molar-refractivity contribution in [2.24, 2.45) is 4.99 Å². The molecule has 2 N–H and O–H groups in total. The van der Waals surface area contributed by atoms with Crippen LogP contribution in [-0.2, 0) is 13.1 Å². The fourth-order valence-electron chi connectivity index (χ4n) is 2.82. The lowest BCUT2D eigenvalue weighted by Gasteiger charge is -2.16. The molecule has 0 bridgehead atoms. The molecule has 1 heterocycles. The Morgan fingerprint density at radius 2 is 1.71 bits per heavy atom. The van der Waals surface area contributed by atoms with Crippen LogP contribution in [0.2, 0.25) is 0 Å². The topological polar surface area (TPSA) is 86.2 Å². The second-order valence-corrected chi connectivity index (χ2v) is 6.48. The Bertz CT molecular complexity index is 808. The van der Waals surface area contributed by atoms with Crippen molar-refractivity contribution in [2.45, 2.75) is 32.9 Å². The third-order valence-corrected chi connectivity index (χ3v) is 4.44. The molecule has 0 atom stereocenters. The molecule has 2 aromatic rings. The number of aliphatic imine (C=N–C) groups is 1.